The van der Waals surface area contributed by atoms with Gasteiger partial charge in [0.2, 0.25) is 11.8 Å². The Kier molecular flexibility index (Phi) is 6.50. The maximum absolute atomic E-state index is 11.0. The Morgan fingerprint density at radius 1 is 1.11 bits per heavy atom. The summed E-state index contributed by atoms with van der Waals surface area (Å²) in [6.45, 7) is 3.66. The molecule has 1 N–H and O–H groups in total. The summed E-state index contributed by atoms with van der Waals surface area (Å²) in [4.78, 5) is 15.2. The van der Waals surface area contributed by atoms with Gasteiger partial charge in [0.15, 0.2) is 0 Å². The van der Waals surface area contributed by atoms with Gasteiger partial charge >= 0.3 is 0 Å². The minimum atomic E-state index is -0.0998. The van der Waals surface area contributed by atoms with Crippen LogP contribution in [0, 0.1) is 0 Å². The first-order chi connectivity index (χ1) is 13.5. The molecule has 6 heteroatoms. The molecule has 3 aromatic rings. The molecule has 0 fully saturated rings. The van der Waals surface area contributed by atoms with Crippen LogP contribution in [-0.4, -0.2) is 23.5 Å². The van der Waals surface area contributed by atoms with Gasteiger partial charge in [-0.2, -0.15) is 0 Å². The third-order valence-electron chi connectivity index (χ3n) is 3.91. The van der Waals surface area contributed by atoms with Crippen LogP contribution >= 0.6 is 11.6 Å². The molecular formula is C22H21ClN2O3. The van der Waals surface area contributed by atoms with Crippen molar-refractivity contribution in [3.63, 3.8) is 0 Å². The Balaban J connectivity index is 1.62. The van der Waals surface area contributed by atoms with Gasteiger partial charge in [-0.1, -0.05) is 48.0 Å². The Hall–Kier alpha value is -3.05. The van der Waals surface area contributed by atoms with Gasteiger partial charge in [-0.15, -0.1) is 0 Å². The van der Waals surface area contributed by atoms with Crippen LogP contribution in [0.5, 0.6) is 17.4 Å². The first-order valence-corrected chi connectivity index (χ1v) is 9.28. The van der Waals surface area contributed by atoms with E-state index in [1.165, 1.54) is 6.92 Å². The normalized spacial score (nSPS) is 11.5. The zero-order chi connectivity index (χ0) is 19.9. The number of rotatable bonds is 7. The molecule has 0 bridgehead atoms. The lowest BCUT2D eigenvalue weighted by atomic mass is 10.1. The lowest BCUT2D eigenvalue weighted by Gasteiger charge is -2.13. The number of pyridine rings is 1. The fraction of sp³-hybridized carbons (Fsp3) is 0.182. The van der Waals surface area contributed by atoms with Crippen LogP contribution in [-0.2, 0) is 4.79 Å². The summed E-state index contributed by atoms with van der Waals surface area (Å²) in [7, 11) is 0. The minimum Gasteiger partial charge on any atom is -0.475 e. The van der Waals surface area contributed by atoms with E-state index in [-0.39, 0.29) is 11.9 Å². The Morgan fingerprint density at radius 2 is 1.89 bits per heavy atom. The van der Waals surface area contributed by atoms with Crippen molar-refractivity contribution >= 4 is 17.5 Å². The summed E-state index contributed by atoms with van der Waals surface area (Å²) >= 11 is 6.38. The summed E-state index contributed by atoms with van der Waals surface area (Å²) in [6, 6.07) is 19.0. The molecule has 0 aliphatic carbocycles. The van der Waals surface area contributed by atoms with Gasteiger partial charge in [0.25, 0.3) is 0 Å². The summed E-state index contributed by atoms with van der Waals surface area (Å²) in [5.41, 5.74) is 2.11. The number of carbonyl (C=O) groups excluding carboxylic acids is 1. The van der Waals surface area contributed by atoms with Gasteiger partial charge in [0.1, 0.15) is 18.1 Å². The molecule has 0 radical (unpaired) electrons. The third kappa shape index (κ3) is 5.47. The number of benzene rings is 2. The van der Waals surface area contributed by atoms with E-state index in [0.29, 0.717) is 29.0 Å². The molecule has 0 aliphatic rings. The summed E-state index contributed by atoms with van der Waals surface area (Å²) in [5.74, 6) is 1.46. The van der Waals surface area contributed by atoms with E-state index in [4.69, 9.17) is 21.1 Å². The molecule has 1 aromatic heterocycles. The van der Waals surface area contributed by atoms with E-state index < -0.39 is 0 Å². The maximum Gasteiger partial charge on any atom is 0.217 e. The number of hydrogen-bond donors (Lipinski definition) is 1. The maximum atomic E-state index is 11.0. The highest BCUT2D eigenvalue weighted by atomic mass is 35.5. The van der Waals surface area contributed by atoms with Crippen LogP contribution < -0.4 is 14.8 Å². The molecular weight excluding hydrogens is 376 g/mol. The molecule has 0 saturated heterocycles. The largest absolute Gasteiger partial charge is 0.475 e. The quantitative estimate of drug-likeness (QED) is 0.603. The van der Waals surface area contributed by atoms with Crippen LogP contribution in [0.2, 0.25) is 5.02 Å². The van der Waals surface area contributed by atoms with Gasteiger partial charge in [0, 0.05) is 13.0 Å². The number of nitrogens with zero attached hydrogens (tertiary/aromatic N) is 1. The molecule has 28 heavy (non-hydrogen) atoms. The fourth-order valence-electron chi connectivity index (χ4n) is 2.63. The second-order valence-electron chi connectivity index (χ2n) is 6.36. The summed E-state index contributed by atoms with van der Waals surface area (Å²) < 4.78 is 11.4. The monoisotopic (exact) mass is 396 g/mol. The van der Waals surface area contributed by atoms with Crippen molar-refractivity contribution in [1.29, 1.82) is 0 Å². The highest BCUT2D eigenvalue weighted by Gasteiger charge is 2.08. The molecule has 0 unspecified atom stereocenters. The predicted octanol–water partition coefficient (Wildman–Crippen LogP) is 5.10. The van der Waals surface area contributed by atoms with Crippen molar-refractivity contribution < 1.29 is 14.3 Å². The number of aromatic nitrogens is 1. The second-order valence-corrected chi connectivity index (χ2v) is 6.77. The molecule has 2 aromatic carbocycles. The number of nitrogens with one attached hydrogen (secondary N) is 1. The Morgan fingerprint density at radius 3 is 2.54 bits per heavy atom. The van der Waals surface area contributed by atoms with Crippen LogP contribution in [0.1, 0.15) is 13.8 Å². The standard InChI is InChI=1S/C22H21ClN2O3/c1-15(25-16(2)26)14-27-22-11-9-19(13-24-22)28-21-10-8-18(12-20(21)23)17-6-4-3-5-7-17/h3-13,15H,14H2,1-2H3,(H,25,26)/t15-/m0/s1. The molecule has 0 aliphatic heterocycles. The van der Waals surface area contributed by atoms with Crippen LogP contribution in [0.4, 0.5) is 0 Å². The van der Waals surface area contributed by atoms with Gasteiger partial charge in [-0.05, 0) is 36.2 Å². The van der Waals surface area contributed by atoms with Crippen molar-refractivity contribution in [1.82, 2.24) is 10.3 Å². The van der Waals surface area contributed by atoms with Crippen molar-refractivity contribution in [3.05, 3.63) is 71.9 Å². The van der Waals surface area contributed by atoms with Gasteiger partial charge < -0.3 is 14.8 Å². The van der Waals surface area contributed by atoms with E-state index in [1.807, 2.05) is 55.5 Å². The first kappa shape index (κ1) is 19.7. The number of hydrogen-bond acceptors (Lipinski definition) is 4. The van der Waals surface area contributed by atoms with E-state index in [2.05, 4.69) is 10.3 Å². The lowest BCUT2D eigenvalue weighted by Crippen LogP contribution is -2.35. The number of ether oxygens (including phenoxy) is 2. The van der Waals surface area contributed by atoms with Crippen LogP contribution in [0.25, 0.3) is 11.1 Å². The average molecular weight is 397 g/mol. The Labute approximate surface area is 169 Å². The molecule has 3 rings (SSSR count). The van der Waals surface area contributed by atoms with E-state index in [0.717, 1.165) is 11.1 Å². The second kappa shape index (κ2) is 9.24. The number of halogens is 1. The average Bonchev–Trinajstić information content (AvgIpc) is 2.69. The smallest absolute Gasteiger partial charge is 0.217 e. The van der Waals surface area contributed by atoms with E-state index in [9.17, 15) is 4.79 Å². The fourth-order valence-corrected chi connectivity index (χ4v) is 2.85. The van der Waals surface area contributed by atoms with Crippen molar-refractivity contribution in [3.8, 4) is 28.5 Å². The zero-order valence-electron chi connectivity index (χ0n) is 15.7. The summed E-state index contributed by atoms with van der Waals surface area (Å²) in [5, 5.41) is 3.27. The SMILES string of the molecule is CC(=O)N[C@@H](C)COc1ccc(Oc2ccc(-c3ccccc3)cc2Cl)cn1. The van der Waals surface area contributed by atoms with Crippen LogP contribution in [0.15, 0.2) is 66.9 Å². The molecule has 1 atom stereocenters. The minimum absolute atomic E-state index is 0.0945. The molecule has 0 saturated carbocycles. The third-order valence-corrected chi connectivity index (χ3v) is 4.20. The van der Waals surface area contributed by atoms with Gasteiger partial charge in [0.05, 0.1) is 17.3 Å². The van der Waals surface area contributed by atoms with Crippen molar-refractivity contribution in [2.75, 3.05) is 6.61 Å². The van der Waals surface area contributed by atoms with Crippen molar-refractivity contribution in [2.45, 2.75) is 19.9 Å². The molecule has 1 amide bonds. The predicted molar refractivity (Wildman–Crippen MR) is 110 cm³/mol. The van der Waals surface area contributed by atoms with E-state index in [1.54, 1.807) is 18.3 Å². The molecule has 0 spiro atoms. The molecule has 5 nitrogen and oxygen atoms in total. The van der Waals surface area contributed by atoms with Gasteiger partial charge in [-0.25, -0.2) is 4.98 Å². The van der Waals surface area contributed by atoms with E-state index >= 15 is 0 Å². The Bertz CT molecular complexity index is 930. The number of amides is 1. The molecule has 1 heterocycles. The first-order valence-electron chi connectivity index (χ1n) is 8.90. The zero-order valence-corrected chi connectivity index (χ0v) is 16.4. The van der Waals surface area contributed by atoms with Crippen molar-refractivity contribution in [2.24, 2.45) is 0 Å². The van der Waals surface area contributed by atoms with Gasteiger partial charge in [-0.3, -0.25) is 4.79 Å². The summed E-state index contributed by atoms with van der Waals surface area (Å²) in [6.07, 6.45) is 1.57. The molecule has 144 valence electrons. The lowest BCUT2D eigenvalue weighted by molar-refractivity contribution is -0.119. The number of carbonyl (C=O) groups is 1. The van der Waals surface area contributed by atoms with Crippen LogP contribution in [0.3, 0.4) is 0 Å². The topological polar surface area (TPSA) is 60.5 Å². The highest BCUT2D eigenvalue weighted by molar-refractivity contribution is 6.32. The highest BCUT2D eigenvalue weighted by Crippen LogP contribution is 2.33.